The van der Waals surface area contributed by atoms with E-state index in [9.17, 15) is 13.2 Å². The number of carbonyl (C=O) groups excluding carboxylic acids is 1. The number of anilines is 1. The SMILES string of the molecule is CCOc1ccc2nc(N(CCN(C)C)C(=O)CCS(=O)(=O)c3ccc(C)cc3)sc2c1.Cl. The Balaban J connectivity index is 0.00000385. The van der Waals surface area contributed by atoms with Crippen LogP contribution in [0.25, 0.3) is 10.2 Å². The van der Waals surface area contributed by atoms with Gasteiger partial charge in [-0.1, -0.05) is 29.0 Å². The van der Waals surface area contributed by atoms with Gasteiger partial charge in [-0.25, -0.2) is 13.4 Å². The number of fused-ring (bicyclic) bond motifs is 1. The Bertz CT molecular complexity index is 1180. The van der Waals surface area contributed by atoms with Crippen molar-refractivity contribution >= 4 is 54.8 Å². The summed E-state index contributed by atoms with van der Waals surface area (Å²) >= 11 is 1.40. The van der Waals surface area contributed by atoms with Crippen LogP contribution < -0.4 is 9.64 Å². The molecule has 0 aliphatic rings. The van der Waals surface area contributed by atoms with Crippen LogP contribution in [-0.2, 0) is 14.6 Å². The van der Waals surface area contributed by atoms with E-state index in [2.05, 4.69) is 4.98 Å². The Hall–Kier alpha value is -2.20. The molecule has 1 amide bonds. The van der Waals surface area contributed by atoms with Gasteiger partial charge in [0, 0.05) is 19.5 Å². The maximum Gasteiger partial charge on any atom is 0.229 e. The van der Waals surface area contributed by atoms with E-state index in [1.54, 1.807) is 29.2 Å². The van der Waals surface area contributed by atoms with Crippen molar-refractivity contribution in [2.45, 2.75) is 25.2 Å². The fourth-order valence-corrected chi connectivity index (χ4v) is 5.38. The number of aryl methyl sites for hydroxylation is 1. The predicted molar refractivity (Wildman–Crippen MR) is 137 cm³/mol. The Morgan fingerprint density at radius 2 is 1.79 bits per heavy atom. The highest BCUT2D eigenvalue weighted by atomic mass is 35.5. The number of aromatic nitrogens is 1. The molecular formula is C23H30ClN3O4S2. The first-order valence-electron chi connectivity index (χ1n) is 10.5. The Morgan fingerprint density at radius 1 is 1.09 bits per heavy atom. The zero-order chi connectivity index (χ0) is 23.3. The molecule has 7 nitrogen and oxygen atoms in total. The molecule has 0 N–H and O–H groups in total. The highest BCUT2D eigenvalue weighted by molar-refractivity contribution is 7.91. The lowest BCUT2D eigenvalue weighted by Crippen LogP contribution is -2.37. The molecule has 0 radical (unpaired) electrons. The third kappa shape index (κ3) is 7.14. The summed E-state index contributed by atoms with van der Waals surface area (Å²) in [6, 6.07) is 12.3. The van der Waals surface area contributed by atoms with Gasteiger partial charge in [0.25, 0.3) is 0 Å². The molecule has 0 aliphatic carbocycles. The van der Waals surface area contributed by atoms with Crippen LogP contribution in [0.1, 0.15) is 18.9 Å². The molecule has 180 valence electrons. The molecule has 33 heavy (non-hydrogen) atoms. The van der Waals surface area contributed by atoms with E-state index in [1.165, 1.54) is 11.3 Å². The number of hydrogen-bond acceptors (Lipinski definition) is 7. The molecule has 2 aromatic carbocycles. The summed E-state index contributed by atoms with van der Waals surface area (Å²) in [5, 5.41) is 0.563. The molecular weight excluding hydrogens is 482 g/mol. The van der Waals surface area contributed by atoms with E-state index in [4.69, 9.17) is 4.74 Å². The topological polar surface area (TPSA) is 79.8 Å². The van der Waals surface area contributed by atoms with E-state index < -0.39 is 9.84 Å². The van der Waals surface area contributed by atoms with Gasteiger partial charge in [-0.3, -0.25) is 9.69 Å². The van der Waals surface area contributed by atoms with Crippen LogP contribution in [0.15, 0.2) is 47.4 Å². The standard InChI is InChI=1S/C23H29N3O4S2.ClH/c1-5-30-18-8-11-20-21(16-18)31-23(24-20)26(14-13-25(3)4)22(27)12-15-32(28,29)19-9-6-17(2)7-10-19;/h6-11,16H,5,12-15H2,1-4H3;1H. The first-order chi connectivity index (χ1) is 15.2. The van der Waals surface area contributed by atoms with Crippen molar-refractivity contribution in [3.05, 3.63) is 48.0 Å². The number of carbonyl (C=O) groups is 1. The second-order valence-corrected chi connectivity index (χ2v) is 10.9. The molecule has 0 unspecified atom stereocenters. The summed E-state index contributed by atoms with van der Waals surface area (Å²) in [7, 11) is 0.308. The highest BCUT2D eigenvalue weighted by Crippen LogP contribution is 2.32. The first-order valence-corrected chi connectivity index (χ1v) is 12.9. The minimum absolute atomic E-state index is 0. The van der Waals surface area contributed by atoms with E-state index >= 15 is 0 Å². The molecule has 0 saturated heterocycles. The lowest BCUT2D eigenvalue weighted by molar-refractivity contribution is -0.118. The number of halogens is 1. The van der Waals surface area contributed by atoms with Crippen LogP contribution in [0.3, 0.4) is 0 Å². The number of hydrogen-bond donors (Lipinski definition) is 0. The quantitative estimate of drug-likeness (QED) is 0.406. The van der Waals surface area contributed by atoms with Crippen LogP contribution >= 0.6 is 23.7 Å². The smallest absolute Gasteiger partial charge is 0.229 e. The summed E-state index contributed by atoms with van der Waals surface area (Å²) in [4.78, 5) is 21.5. The molecule has 0 bridgehead atoms. The van der Waals surface area contributed by atoms with Gasteiger partial charge in [0.15, 0.2) is 15.0 Å². The third-order valence-electron chi connectivity index (χ3n) is 4.93. The molecule has 3 rings (SSSR count). The van der Waals surface area contributed by atoms with Gasteiger partial charge in [0.1, 0.15) is 5.75 Å². The van der Waals surface area contributed by atoms with Gasteiger partial charge in [0.05, 0.1) is 27.5 Å². The Kier molecular flexibility index (Phi) is 9.66. The largest absolute Gasteiger partial charge is 0.494 e. The number of likely N-dealkylation sites (N-methyl/N-ethyl adjacent to an activating group) is 1. The second-order valence-electron chi connectivity index (χ2n) is 7.79. The number of benzene rings is 2. The lowest BCUT2D eigenvalue weighted by Gasteiger charge is -2.22. The van der Waals surface area contributed by atoms with E-state index in [1.807, 2.05) is 51.0 Å². The van der Waals surface area contributed by atoms with Crippen LogP contribution in [0.2, 0.25) is 0 Å². The van der Waals surface area contributed by atoms with Crippen molar-refractivity contribution in [1.82, 2.24) is 9.88 Å². The summed E-state index contributed by atoms with van der Waals surface area (Å²) in [5.74, 6) is 0.254. The Labute approximate surface area is 205 Å². The van der Waals surface area contributed by atoms with E-state index in [-0.39, 0.29) is 35.4 Å². The summed E-state index contributed by atoms with van der Waals surface area (Å²) < 4.78 is 31.9. The highest BCUT2D eigenvalue weighted by Gasteiger charge is 2.23. The van der Waals surface area contributed by atoms with Crippen LogP contribution in [0, 0.1) is 6.92 Å². The molecule has 0 atom stereocenters. The fourth-order valence-electron chi connectivity index (χ4n) is 3.11. The lowest BCUT2D eigenvalue weighted by atomic mass is 10.2. The molecule has 10 heteroatoms. The summed E-state index contributed by atoms with van der Waals surface area (Å²) in [6.07, 6.45) is -0.107. The second kappa shape index (κ2) is 11.8. The van der Waals surface area contributed by atoms with Crippen LogP contribution in [0.4, 0.5) is 5.13 Å². The van der Waals surface area contributed by atoms with Crippen molar-refractivity contribution in [3.63, 3.8) is 0 Å². The fraction of sp³-hybridized carbons (Fsp3) is 0.391. The maximum atomic E-state index is 13.1. The number of thiazole rings is 1. The van der Waals surface area contributed by atoms with Gasteiger partial charge in [-0.15, -0.1) is 12.4 Å². The Morgan fingerprint density at radius 3 is 2.42 bits per heavy atom. The molecule has 0 spiro atoms. The average molecular weight is 512 g/mol. The number of rotatable bonds is 10. The van der Waals surface area contributed by atoms with Crippen molar-refractivity contribution in [1.29, 1.82) is 0 Å². The van der Waals surface area contributed by atoms with Crippen molar-refractivity contribution in [2.75, 3.05) is 44.4 Å². The summed E-state index contributed by atoms with van der Waals surface area (Å²) in [6.45, 7) is 5.46. The predicted octanol–water partition coefficient (Wildman–Crippen LogP) is 4.18. The summed E-state index contributed by atoms with van der Waals surface area (Å²) in [5.41, 5.74) is 1.77. The van der Waals surface area contributed by atoms with Gasteiger partial charge >= 0.3 is 0 Å². The van der Waals surface area contributed by atoms with E-state index in [0.717, 1.165) is 21.5 Å². The van der Waals surface area contributed by atoms with Crippen LogP contribution in [0.5, 0.6) is 5.75 Å². The van der Waals surface area contributed by atoms with Gasteiger partial charge in [-0.05, 0) is 58.3 Å². The molecule has 1 aromatic heterocycles. The van der Waals surface area contributed by atoms with E-state index in [0.29, 0.717) is 24.8 Å². The minimum Gasteiger partial charge on any atom is -0.494 e. The van der Waals surface area contributed by atoms with Gasteiger partial charge in [-0.2, -0.15) is 0 Å². The molecule has 3 aromatic rings. The molecule has 0 aliphatic heterocycles. The maximum absolute atomic E-state index is 13.1. The zero-order valence-electron chi connectivity index (χ0n) is 19.3. The zero-order valence-corrected chi connectivity index (χ0v) is 21.7. The van der Waals surface area contributed by atoms with Crippen molar-refractivity contribution in [2.24, 2.45) is 0 Å². The normalized spacial score (nSPS) is 11.4. The van der Waals surface area contributed by atoms with Crippen molar-refractivity contribution < 1.29 is 17.9 Å². The molecule has 0 saturated carbocycles. The first kappa shape index (κ1) is 27.0. The van der Waals surface area contributed by atoms with Crippen LogP contribution in [-0.4, -0.2) is 63.8 Å². The third-order valence-corrected chi connectivity index (χ3v) is 7.70. The minimum atomic E-state index is -3.55. The van der Waals surface area contributed by atoms with Gasteiger partial charge < -0.3 is 9.64 Å². The molecule has 1 heterocycles. The average Bonchev–Trinajstić information content (AvgIpc) is 3.16. The number of nitrogens with zero attached hydrogens (tertiary/aromatic N) is 3. The monoisotopic (exact) mass is 511 g/mol. The number of ether oxygens (including phenoxy) is 1. The van der Waals surface area contributed by atoms with Gasteiger partial charge in [0.2, 0.25) is 5.91 Å². The number of amides is 1. The van der Waals surface area contributed by atoms with Crippen molar-refractivity contribution in [3.8, 4) is 5.75 Å². The number of sulfone groups is 1. The molecule has 0 fully saturated rings.